The van der Waals surface area contributed by atoms with Gasteiger partial charge in [-0.15, -0.1) is 24.8 Å². The van der Waals surface area contributed by atoms with Gasteiger partial charge >= 0.3 is 0 Å². The summed E-state index contributed by atoms with van der Waals surface area (Å²) in [5, 5.41) is 9.16. The number of hydrogen-bond donors (Lipinski definition) is 3. The molecule has 1 aromatic rings. The van der Waals surface area contributed by atoms with Gasteiger partial charge in [0, 0.05) is 25.7 Å². The molecule has 1 rings (SSSR count). The predicted octanol–water partition coefficient (Wildman–Crippen LogP) is 2.15. The molecule has 0 aromatic carbocycles. The molecule has 0 saturated heterocycles. The minimum absolute atomic E-state index is 0. The van der Waals surface area contributed by atoms with Crippen LogP contribution in [-0.2, 0) is 4.79 Å². The van der Waals surface area contributed by atoms with Crippen molar-refractivity contribution in [1.29, 1.82) is 0 Å². The smallest absolute Gasteiger partial charge is 0.220 e. The maximum absolute atomic E-state index is 11.4. The Bertz CT molecular complexity index is 374. The summed E-state index contributed by atoms with van der Waals surface area (Å²) in [6, 6.07) is 3.99. The molecular formula is C14H26Cl2N4O. The Hall–Kier alpha value is -1.04. The van der Waals surface area contributed by atoms with E-state index in [1.165, 1.54) is 0 Å². The Labute approximate surface area is 139 Å². The number of hydrogen-bond acceptors (Lipinski definition) is 4. The maximum atomic E-state index is 11.4. The number of aromatic nitrogens is 1. The molecule has 0 fully saturated rings. The van der Waals surface area contributed by atoms with E-state index in [9.17, 15) is 4.79 Å². The third-order valence-electron chi connectivity index (χ3n) is 2.72. The van der Waals surface area contributed by atoms with E-state index in [0.717, 1.165) is 37.3 Å². The second-order valence-electron chi connectivity index (χ2n) is 4.56. The zero-order valence-electron chi connectivity index (χ0n) is 12.6. The highest BCUT2D eigenvalue weighted by Gasteiger charge is 1.99. The number of pyridine rings is 1. The maximum Gasteiger partial charge on any atom is 0.220 e. The Morgan fingerprint density at radius 2 is 1.90 bits per heavy atom. The SMILES string of the molecule is CNCCCC(=O)NCCCNc1ccc(C)cn1.Cl.Cl. The first-order valence-electron chi connectivity index (χ1n) is 6.80. The Morgan fingerprint density at radius 3 is 2.52 bits per heavy atom. The van der Waals surface area contributed by atoms with Crippen molar-refractivity contribution in [3.8, 4) is 0 Å². The summed E-state index contributed by atoms with van der Waals surface area (Å²) < 4.78 is 0. The predicted molar refractivity (Wildman–Crippen MR) is 92.7 cm³/mol. The number of anilines is 1. The van der Waals surface area contributed by atoms with E-state index in [-0.39, 0.29) is 30.7 Å². The molecule has 122 valence electrons. The summed E-state index contributed by atoms with van der Waals surface area (Å²) in [4.78, 5) is 15.7. The molecule has 0 unspecified atom stereocenters. The number of nitrogens with one attached hydrogen (secondary N) is 3. The molecular weight excluding hydrogens is 311 g/mol. The molecule has 0 aliphatic rings. The minimum Gasteiger partial charge on any atom is -0.370 e. The van der Waals surface area contributed by atoms with E-state index < -0.39 is 0 Å². The Balaban J connectivity index is 0. The molecule has 0 atom stereocenters. The largest absolute Gasteiger partial charge is 0.370 e. The third kappa shape index (κ3) is 11.3. The summed E-state index contributed by atoms with van der Waals surface area (Å²) in [5.74, 6) is 1.01. The fourth-order valence-electron chi connectivity index (χ4n) is 1.62. The van der Waals surface area contributed by atoms with E-state index in [0.29, 0.717) is 13.0 Å². The van der Waals surface area contributed by atoms with Gasteiger partial charge in [0.1, 0.15) is 5.82 Å². The van der Waals surface area contributed by atoms with Crippen LogP contribution in [0.4, 0.5) is 5.82 Å². The lowest BCUT2D eigenvalue weighted by Gasteiger charge is -2.07. The first-order valence-corrected chi connectivity index (χ1v) is 6.80. The Morgan fingerprint density at radius 1 is 1.14 bits per heavy atom. The van der Waals surface area contributed by atoms with Gasteiger partial charge in [-0.2, -0.15) is 0 Å². The van der Waals surface area contributed by atoms with E-state index in [4.69, 9.17) is 0 Å². The quantitative estimate of drug-likeness (QED) is 0.604. The van der Waals surface area contributed by atoms with Crippen LogP contribution in [0.15, 0.2) is 18.3 Å². The zero-order chi connectivity index (χ0) is 13.9. The highest BCUT2D eigenvalue weighted by atomic mass is 35.5. The first-order chi connectivity index (χ1) is 9.22. The van der Waals surface area contributed by atoms with E-state index in [1.54, 1.807) is 0 Å². The van der Waals surface area contributed by atoms with Crippen molar-refractivity contribution in [3.05, 3.63) is 23.9 Å². The molecule has 0 aliphatic carbocycles. The van der Waals surface area contributed by atoms with Gasteiger partial charge in [-0.25, -0.2) is 4.98 Å². The topological polar surface area (TPSA) is 66.1 Å². The fraction of sp³-hybridized carbons (Fsp3) is 0.571. The van der Waals surface area contributed by atoms with Gasteiger partial charge in [-0.1, -0.05) is 6.07 Å². The molecule has 1 aromatic heterocycles. The monoisotopic (exact) mass is 336 g/mol. The third-order valence-corrected chi connectivity index (χ3v) is 2.72. The first kappa shape index (κ1) is 22.2. The number of nitrogens with zero attached hydrogens (tertiary/aromatic N) is 1. The van der Waals surface area contributed by atoms with Gasteiger partial charge in [-0.05, 0) is 45.0 Å². The van der Waals surface area contributed by atoms with Crippen molar-refractivity contribution in [2.24, 2.45) is 0 Å². The molecule has 1 heterocycles. The van der Waals surface area contributed by atoms with E-state index >= 15 is 0 Å². The van der Waals surface area contributed by atoms with Crippen molar-refractivity contribution in [2.75, 3.05) is 32.0 Å². The van der Waals surface area contributed by atoms with Crippen LogP contribution in [0.3, 0.4) is 0 Å². The summed E-state index contributed by atoms with van der Waals surface area (Å²) in [6.07, 6.45) is 4.21. The number of rotatable bonds is 9. The van der Waals surface area contributed by atoms with Crippen LogP contribution in [0.5, 0.6) is 0 Å². The average Bonchev–Trinajstić information content (AvgIpc) is 2.41. The fourth-order valence-corrected chi connectivity index (χ4v) is 1.62. The van der Waals surface area contributed by atoms with Gasteiger partial charge in [0.15, 0.2) is 0 Å². The van der Waals surface area contributed by atoms with Crippen molar-refractivity contribution < 1.29 is 4.79 Å². The van der Waals surface area contributed by atoms with Crippen LogP contribution < -0.4 is 16.0 Å². The highest BCUT2D eigenvalue weighted by molar-refractivity contribution is 5.85. The van der Waals surface area contributed by atoms with Crippen LogP contribution in [0.2, 0.25) is 0 Å². The molecule has 5 nitrogen and oxygen atoms in total. The van der Waals surface area contributed by atoms with Crippen LogP contribution in [-0.4, -0.2) is 37.6 Å². The minimum atomic E-state index is 0. The molecule has 0 bridgehead atoms. The van der Waals surface area contributed by atoms with E-state index in [2.05, 4.69) is 20.9 Å². The van der Waals surface area contributed by atoms with Gasteiger partial charge in [-0.3, -0.25) is 4.79 Å². The lowest BCUT2D eigenvalue weighted by Crippen LogP contribution is -2.26. The number of halogens is 2. The van der Waals surface area contributed by atoms with Crippen molar-refractivity contribution in [1.82, 2.24) is 15.6 Å². The van der Waals surface area contributed by atoms with Crippen LogP contribution in [0.1, 0.15) is 24.8 Å². The molecule has 1 amide bonds. The molecule has 0 saturated carbocycles. The lowest BCUT2D eigenvalue weighted by molar-refractivity contribution is -0.121. The molecule has 3 N–H and O–H groups in total. The summed E-state index contributed by atoms with van der Waals surface area (Å²) in [6.45, 7) is 4.42. The summed E-state index contributed by atoms with van der Waals surface area (Å²) in [7, 11) is 1.89. The summed E-state index contributed by atoms with van der Waals surface area (Å²) in [5.41, 5.74) is 1.15. The molecule has 0 radical (unpaired) electrons. The number of carbonyl (C=O) groups excluding carboxylic acids is 1. The van der Waals surface area contributed by atoms with Gasteiger partial charge in [0.2, 0.25) is 5.91 Å². The Kier molecular flexibility index (Phi) is 14.7. The van der Waals surface area contributed by atoms with Crippen LogP contribution in [0.25, 0.3) is 0 Å². The molecule has 21 heavy (non-hydrogen) atoms. The second kappa shape index (κ2) is 13.9. The average molecular weight is 337 g/mol. The summed E-state index contributed by atoms with van der Waals surface area (Å²) >= 11 is 0. The van der Waals surface area contributed by atoms with Gasteiger partial charge < -0.3 is 16.0 Å². The van der Waals surface area contributed by atoms with Gasteiger partial charge in [0.25, 0.3) is 0 Å². The molecule has 7 heteroatoms. The number of carbonyl (C=O) groups is 1. The van der Waals surface area contributed by atoms with E-state index in [1.807, 2.05) is 32.3 Å². The highest BCUT2D eigenvalue weighted by Crippen LogP contribution is 2.03. The normalized spacial score (nSPS) is 9.24. The van der Waals surface area contributed by atoms with Crippen molar-refractivity contribution in [2.45, 2.75) is 26.2 Å². The number of amides is 1. The standard InChI is InChI=1S/C14H24N4O.2ClH/c1-12-6-7-13(18-11-12)16-9-4-10-17-14(19)5-3-8-15-2;;/h6-7,11,15H,3-5,8-10H2,1-2H3,(H,16,18)(H,17,19);2*1H. The zero-order valence-corrected chi connectivity index (χ0v) is 14.3. The second-order valence-corrected chi connectivity index (χ2v) is 4.56. The lowest BCUT2D eigenvalue weighted by atomic mass is 10.3. The van der Waals surface area contributed by atoms with Crippen molar-refractivity contribution in [3.63, 3.8) is 0 Å². The molecule has 0 aliphatic heterocycles. The van der Waals surface area contributed by atoms with Crippen LogP contribution >= 0.6 is 24.8 Å². The van der Waals surface area contributed by atoms with Gasteiger partial charge in [0.05, 0.1) is 0 Å². The van der Waals surface area contributed by atoms with Crippen LogP contribution in [0, 0.1) is 6.92 Å². The van der Waals surface area contributed by atoms with Crippen molar-refractivity contribution >= 4 is 36.5 Å². The number of aryl methyl sites for hydroxylation is 1. The molecule has 0 spiro atoms.